The largest absolute Gasteiger partial charge is 0.349 e. The minimum atomic E-state index is -4.04. The highest BCUT2D eigenvalue weighted by Crippen LogP contribution is 2.21. The maximum Gasteiger partial charge on any atom is 0.304 e. The van der Waals surface area contributed by atoms with Crippen LogP contribution >= 0.6 is 0 Å². The van der Waals surface area contributed by atoms with Crippen molar-refractivity contribution in [2.24, 2.45) is 0 Å². The molecule has 0 saturated heterocycles. The number of carbonyl (C=O) groups is 2. The summed E-state index contributed by atoms with van der Waals surface area (Å²) in [6.07, 6.45) is 1.52. The topological polar surface area (TPSA) is 98.8 Å². The van der Waals surface area contributed by atoms with Crippen LogP contribution in [-0.2, 0) is 15.0 Å². The number of benzene rings is 2. The molecule has 8 nitrogen and oxygen atoms in total. The first-order valence-corrected chi connectivity index (χ1v) is 10.3. The molecule has 0 bridgehead atoms. The summed E-state index contributed by atoms with van der Waals surface area (Å²) in [4.78, 5) is 24.9. The van der Waals surface area contributed by atoms with Crippen molar-refractivity contribution in [3.8, 4) is 0 Å². The van der Waals surface area contributed by atoms with Crippen molar-refractivity contribution in [2.75, 3.05) is 36.8 Å². The van der Waals surface area contributed by atoms with Crippen LogP contribution in [-0.4, -0.2) is 51.7 Å². The Kier molecular flexibility index (Phi) is 7.67. The van der Waals surface area contributed by atoms with Crippen LogP contribution in [0.1, 0.15) is 10.4 Å². The molecule has 0 aromatic heterocycles. The highest BCUT2D eigenvalue weighted by atomic mass is 32.2. The first kappa shape index (κ1) is 23.0. The zero-order valence-electron chi connectivity index (χ0n) is 16.6. The van der Waals surface area contributed by atoms with Crippen LogP contribution in [0.25, 0.3) is 0 Å². The number of halogens is 1. The summed E-state index contributed by atoms with van der Waals surface area (Å²) >= 11 is 0. The van der Waals surface area contributed by atoms with Crippen molar-refractivity contribution in [2.45, 2.75) is 0 Å². The Balaban J connectivity index is 2.28. The molecular weight excluding hydrogens is 411 g/mol. The minimum Gasteiger partial charge on any atom is -0.349 e. The maximum atomic E-state index is 13.3. The number of nitrogens with one attached hydrogen (secondary N) is 2. The van der Waals surface area contributed by atoms with Crippen LogP contribution in [0.4, 0.5) is 15.8 Å². The van der Waals surface area contributed by atoms with E-state index in [-0.39, 0.29) is 23.5 Å². The zero-order valence-corrected chi connectivity index (χ0v) is 17.4. The number of amides is 2. The summed E-state index contributed by atoms with van der Waals surface area (Å²) in [7, 11) is -1.39. The summed E-state index contributed by atoms with van der Waals surface area (Å²) in [6.45, 7) is 3.20. The lowest BCUT2D eigenvalue weighted by atomic mass is 10.1. The predicted octanol–water partition coefficient (Wildman–Crippen LogP) is 1.99. The van der Waals surface area contributed by atoms with Gasteiger partial charge in [0, 0.05) is 20.6 Å². The molecule has 0 aliphatic carbocycles. The first-order valence-electron chi connectivity index (χ1n) is 8.90. The van der Waals surface area contributed by atoms with E-state index >= 15 is 0 Å². The Hall–Kier alpha value is -3.24. The number of anilines is 2. The maximum absolute atomic E-state index is 13.3. The molecule has 0 aliphatic rings. The van der Waals surface area contributed by atoms with Crippen molar-refractivity contribution in [1.29, 1.82) is 0 Å². The van der Waals surface area contributed by atoms with Gasteiger partial charge in [0.1, 0.15) is 12.4 Å². The molecule has 0 aliphatic heterocycles. The molecule has 2 aromatic rings. The highest BCUT2D eigenvalue weighted by molar-refractivity contribution is 7.90. The Labute approximate surface area is 175 Å². The van der Waals surface area contributed by atoms with E-state index in [4.69, 9.17) is 0 Å². The normalized spacial score (nSPS) is 11.1. The number of hydrogen-bond donors (Lipinski definition) is 2. The third kappa shape index (κ3) is 5.65. The molecule has 30 heavy (non-hydrogen) atoms. The van der Waals surface area contributed by atoms with Crippen LogP contribution in [0.5, 0.6) is 0 Å². The van der Waals surface area contributed by atoms with Gasteiger partial charge in [-0.2, -0.15) is 12.7 Å². The quantitative estimate of drug-likeness (QED) is 0.590. The van der Waals surface area contributed by atoms with E-state index in [0.717, 1.165) is 20.7 Å². The lowest BCUT2D eigenvalue weighted by molar-refractivity contribution is -0.114. The number of carbonyl (C=O) groups excluding carboxylic acids is 2. The third-order valence-corrected chi connectivity index (χ3v) is 5.81. The second-order valence-corrected chi connectivity index (χ2v) is 8.43. The fourth-order valence-corrected chi connectivity index (χ4v) is 3.54. The molecule has 160 valence electrons. The van der Waals surface area contributed by atoms with Crippen molar-refractivity contribution in [1.82, 2.24) is 9.62 Å². The van der Waals surface area contributed by atoms with Gasteiger partial charge in [0.25, 0.3) is 5.91 Å². The van der Waals surface area contributed by atoms with Crippen molar-refractivity contribution in [3.63, 3.8) is 0 Å². The molecule has 0 heterocycles. The molecule has 2 N–H and O–H groups in total. The van der Waals surface area contributed by atoms with E-state index in [0.29, 0.717) is 0 Å². The summed E-state index contributed by atoms with van der Waals surface area (Å²) < 4.78 is 40.5. The van der Waals surface area contributed by atoms with E-state index in [1.807, 2.05) is 0 Å². The molecule has 0 spiro atoms. The highest BCUT2D eigenvalue weighted by Gasteiger charge is 2.27. The molecule has 2 rings (SSSR count). The fourth-order valence-electron chi connectivity index (χ4n) is 2.48. The van der Waals surface area contributed by atoms with Gasteiger partial charge < -0.3 is 10.6 Å². The summed E-state index contributed by atoms with van der Waals surface area (Å²) in [5.74, 6) is -1.62. The van der Waals surface area contributed by atoms with Gasteiger partial charge in [-0.05, 0) is 36.4 Å². The van der Waals surface area contributed by atoms with Crippen LogP contribution in [0.3, 0.4) is 0 Å². The molecular formula is C20H23FN4O4S. The number of nitrogens with zero attached hydrogens (tertiary/aromatic N) is 2. The number of hydrogen-bond acceptors (Lipinski definition) is 4. The van der Waals surface area contributed by atoms with Gasteiger partial charge in [0.05, 0.1) is 16.9 Å². The predicted molar refractivity (Wildman–Crippen MR) is 114 cm³/mol. The van der Waals surface area contributed by atoms with Crippen LogP contribution < -0.4 is 14.9 Å². The molecule has 0 saturated carbocycles. The van der Waals surface area contributed by atoms with Gasteiger partial charge in [-0.1, -0.05) is 18.2 Å². The Bertz CT molecular complexity index is 1020. The van der Waals surface area contributed by atoms with Gasteiger partial charge in [-0.3, -0.25) is 9.59 Å². The Morgan fingerprint density at radius 3 is 2.33 bits per heavy atom. The summed E-state index contributed by atoms with van der Waals surface area (Å²) in [5.41, 5.74) is 0.569. The average molecular weight is 434 g/mol. The van der Waals surface area contributed by atoms with Crippen molar-refractivity contribution in [3.05, 3.63) is 72.6 Å². The van der Waals surface area contributed by atoms with Crippen LogP contribution in [0, 0.1) is 5.82 Å². The smallest absolute Gasteiger partial charge is 0.304 e. The lowest BCUT2D eigenvalue weighted by Gasteiger charge is -2.27. The Morgan fingerprint density at radius 1 is 1.10 bits per heavy atom. The Morgan fingerprint density at radius 2 is 1.73 bits per heavy atom. The van der Waals surface area contributed by atoms with E-state index in [9.17, 15) is 22.4 Å². The molecule has 0 unspecified atom stereocenters. The number of para-hydroxylation sites is 1. The van der Waals surface area contributed by atoms with Crippen LogP contribution in [0.2, 0.25) is 0 Å². The molecule has 0 atom stereocenters. The average Bonchev–Trinajstić information content (AvgIpc) is 2.71. The second-order valence-electron chi connectivity index (χ2n) is 6.37. The lowest BCUT2D eigenvalue weighted by Crippen LogP contribution is -2.44. The zero-order chi connectivity index (χ0) is 22.3. The molecule has 2 aromatic carbocycles. The van der Waals surface area contributed by atoms with Gasteiger partial charge >= 0.3 is 10.2 Å². The first-order chi connectivity index (χ1) is 14.2. The molecule has 0 radical (unpaired) electrons. The molecule has 2 amide bonds. The van der Waals surface area contributed by atoms with Gasteiger partial charge in [0.15, 0.2) is 0 Å². The van der Waals surface area contributed by atoms with E-state index in [1.54, 1.807) is 12.1 Å². The fraction of sp³-hybridized carbons (Fsp3) is 0.200. The molecule has 0 fully saturated rings. The number of rotatable bonds is 9. The van der Waals surface area contributed by atoms with Gasteiger partial charge in [0.2, 0.25) is 5.91 Å². The van der Waals surface area contributed by atoms with E-state index < -0.39 is 34.4 Å². The standard InChI is InChI=1S/C20H23FN4O4S/c1-4-13-22-20(27)17-7-5-6-8-18(17)23-19(26)14-25(30(28,29)24(2)3)16-11-9-15(21)10-12-16/h4-12H,1,13-14H2,2-3H3,(H,22,27)(H,23,26). The second kappa shape index (κ2) is 9.99. The van der Waals surface area contributed by atoms with Crippen LogP contribution in [0.15, 0.2) is 61.2 Å². The molecule has 10 heteroatoms. The minimum absolute atomic E-state index is 0.122. The summed E-state index contributed by atoms with van der Waals surface area (Å²) in [6, 6.07) is 11.1. The van der Waals surface area contributed by atoms with Gasteiger partial charge in [-0.15, -0.1) is 6.58 Å². The summed E-state index contributed by atoms with van der Waals surface area (Å²) in [5, 5.41) is 5.18. The van der Waals surface area contributed by atoms with Crippen molar-refractivity contribution < 1.29 is 22.4 Å². The SMILES string of the molecule is C=CCNC(=O)c1ccccc1NC(=O)CN(c1ccc(F)cc1)S(=O)(=O)N(C)C. The third-order valence-electron chi connectivity index (χ3n) is 3.99. The van der Waals surface area contributed by atoms with E-state index in [2.05, 4.69) is 17.2 Å². The van der Waals surface area contributed by atoms with Crippen molar-refractivity contribution >= 4 is 33.4 Å². The van der Waals surface area contributed by atoms with Gasteiger partial charge in [-0.25, -0.2) is 8.70 Å². The monoisotopic (exact) mass is 434 g/mol. The van der Waals surface area contributed by atoms with E-state index in [1.165, 1.54) is 44.4 Å².